The molecule has 0 aromatic rings. The summed E-state index contributed by atoms with van der Waals surface area (Å²) in [5, 5.41) is 17.6. The van der Waals surface area contributed by atoms with Gasteiger partial charge in [-0.3, -0.25) is 0 Å². The van der Waals surface area contributed by atoms with E-state index in [-0.39, 0.29) is 5.47 Å². The molecule has 1 unspecified atom stereocenters. The van der Waals surface area contributed by atoms with Crippen molar-refractivity contribution in [3.8, 4) is 11.8 Å². The first-order valence-corrected chi connectivity index (χ1v) is 4.15. The van der Waals surface area contributed by atoms with Gasteiger partial charge >= 0.3 is 13.3 Å². The predicted molar refractivity (Wildman–Crippen MR) is 49.4 cm³/mol. The van der Waals surface area contributed by atoms with Crippen LogP contribution in [0.5, 0.6) is 0 Å². The van der Waals surface area contributed by atoms with Crippen LogP contribution >= 0.6 is 0 Å². The Kier molecular flexibility index (Phi) is 3.27. The first-order valence-electron chi connectivity index (χ1n) is 4.15. The van der Waals surface area contributed by atoms with E-state index in [4.69, 9.17) is 10.0 Å². The number of halogens is 3. The Morgan fingerprint density at radius 1 is 1.40 bits per heavy atom. The molecule has 1 atom stereocenters. The number of hydrogen-bond donors (Lipinski definition) is 2. The van der Waals surface area contributed by atoms with Crippen LogP contribution in [-0.4, -0.2) is 23.3 Å². The molecule has 0 radical (unpaired) electrons. The lowest BCUT2D eigenvalue weighted by molar-refractivity contribution is -0.146. The summed E-state index contributed by atoms with van der Waals surface area (Å²) in [6, 6.07) is 0. The molecule has 1 rings (SSSR count). The summed E-state index contributed by atoms with van der Waals surface area (Å²) >= 11 is 0. The molecule has 2 N–H and O–H groups in total. The van der Waals surface area contributed by atoms with E-state index < -0.39 is 19.2 Å². The van der Waals surface area contributed by atoms with Gasteiger partial charge in [-0.25, -0.2) is 0 Å². The maximum absolute atomic E-state index is 12.4. The molecule has 0 spiro atoms. The van der Waals surface area contributed by atoms with E-state index in [1.807, 2.05) is 5.92 Å². The average Bonchev–Trinajstić information content (AvgIpc) is 2.25. The Hall–Kier alpha value is -1.19. The fourth-order valence-corrected chi connectivity index (χ4v) is 1.10. The zero-order valence-electron chi connectivity index (χ0n) is 7.84. The van der Waals surface area contributed by atoms with Gasteiger partial charge in [0.25, 0.3) is 0 Å². The molecule has 0 amide bonds. The van der Waals surface area contributed by atoms with E-state index in [9.17, 15) is 13.2 Å². The topological polar surface area (TPSA) is 40.5 Å². The van der Waals surface area contributed by atoms with E-state index in [1.54, 1.807) is 0 Å². The zero-order chi connectivity index (χ0) is 11.6. The van der Waals surface area contributed by atoms with Gasteiger partial charge in [0.15, 0.2) is 0 Å². The van der Waals surface area contributed by atoms with Gasteiger partial charge < -0.3 is 10.0 Å². The van der Waals surface area contributed by atoms with Crippen LogP contribution < -0.4 is 0 Å². The molecule has 0 fully saturated rings. The van der Waals surface area contributed by atoms with Crippen LogP contribution in [0.2, 0.25) is 0 Å². The molecule has 0 heterocycles. The van der Waals surface area contributed by atoms with Crippen LogP contribution in [0, 0.1) is 17.8 Å². The van der Waals surface area contributed by atoms with Crippen molar-refractivity contribution < 1.29 is 23.2 Å². The van der Waals surface area contributed by atoms with E-state index >= 15 is 0 Å². The smallest absolute Gasteiger partial charge is 0.423 e. The molecule has 0 aromatic heterocycles. The van der Waals surface area contributed by atoms with Crippen molar-refractivity contribution in [2.75, 3.05) is 0 Å². The third-order valence-corrected chi connectivity index (χ3v) is 1.82. The molecule has 1 aliphatic carbocycles. The molecule has 2 nitrogen and oxygen atoms in total. The first kappa shape index (κ1) is 11.9. The first-order chi connectivity index (χ1) is 6.80. The molecular weight excluding hydrogens is 208 g/mol. The summed E-state index contributed by atoms with van der Waals surface area (Å²) in [4.78, 5) is 0. The fraction of sp³-hybridized carbons (Fsp3) is 0.333. The molecule has 0 aromatic carbocycles. The van der Waals surface area contributed by atoms with E-state index in [1.165, 1.54) is 13.0 Å². The predicted octanol–water partition coefficient (Wildman–Crippen LogP) is 1.07. The number of alkyl halides is 3. The normalized spacial score (nSPS) is 20.8. The fourth-order valence-electron chi connectivity index (χ4n) is 1.10. The minimum atomic E-state index is -4.49. The van der Waals surface area contributed by atoms with Crippen molar-refractivity contribution in [2.45, 2.75) is 13.1 Å². The van der Waals surface area contributed by atoms with Gasteiger partial charge in [0.2, 0.25) is 0 Å². The summed E-state index contributed by atoms with van der Waals surface area (Å²) in [6.07, 6.45) is -2.55. The molecule has 0 saturated carbocycles. The minimum absolute atomic E-state index is 0.202. The zero-order valence-corrected chi connectivity index (χ0v) is 7.84. The monoisotopic (exact) mass is 216 g/mol. The van der Waals surface area contributed by atoms with Gasteiger partial charge in [-0.2, -0.15) is 13.2 Å². The molecule has 80 valence electrons. The highest BCUT2D eigenvalue weighted by Gasteiger charge is 2.38. The van der Waals surface area contributed by atoms with Gasteiger partial charge in [-0.1, -0.05) is 24.0 Å². The summed E-state index contributed by atoms with van der Waals surface area (Å²) in [6.45, 7) is 1.50. The Bertz CT molecular complexity index is 371. The average molecular weight is 216 g/mol. The summed E-state index contributed by atoms with van der Waals surface area (Å²) in [5.41, 5.74) is 0.161. The Labute approximate surface area is 85.3 Å². The standard InChI is InChI=1S/C9H8BF3O2/c1-6-2-3-7(9(11,12)13)5-8(4-6)10(14)15/h4-5,7,14-15H,1H3. The van der Waals surface area contributed by atoms with Crippen molar-refractivity contribution >= 4 is 7.12 Å². The largest absolute Gasteiger partial charge is 0.488 e. The molecule has 15 heavy (non-hydrogen) atoms. The quantitative estimate of drug-likeness (QED) is 0.508. The highest BCUT2D eigenvalue weighted by Crippen LogP contribution is 2.29. The van der Waals surface area contributed by atoms with E-state index in [2.05, 4.69) is 5.92 Å². The van der Waals surface area contributed by atoms with E-state index in [0.717, 1.165) is 0 Å². The molecule has 0 saturated heterocycles. The third-order valence-electron chi connectivity index (χ3n) is 1.82. The lowest BCUT2D eigenvalue weighted by Gasteiger charge is -2.11. The van der Waals surface area contributed by atoms with Gasteiger partial charge in [0.05, 0.1) is 0 Å². The molecule has 0 bridgehead atoms. The second kappa shape index (κ2) is 4.13. The minimum Gasteiger partial charge on any atom is -0.423 e. The van der Waals surface area contributed by atoms with Crippen molar-refractivity contribution in [3.63, 3.8) is 0 Å². The van der Waals surface area contributed by atoms with Gasteiger partial charge in [0.1, 0.15) is 5.92 Å². The maximum atomic E-state index is 12.4. The SMILES string of the molecule is CC1=CC(B(O)O)=CC(C(F)(F)F)C#C1. The van der Waals surface area contributed by atoms with Crippen LogP contribution in [0.1, 0.15) is 6.92 Å². The van der Waals surface area contributed by atoms with Gasteiger partial charge in [-0.05, 0) is 18.0 Å². The van der Waals surface area contributed by atoms with Crippen molar-refractivity contribution in [2.24, 2.45) is 5.92 Å². The number of hydrogen-bond acceptors (Lipinski definition) is 2. The second-order valence-corrected chi connectivity index (χ2v) is 3.16. The highest BCUT2D eigenvalue weighted by molar-refractivity contribution is 6.51. The Balaban J connectivity index is 3.09. The summed E-state index contributed by atoms with van der Waals surface area (Å²) in [5.74, 6) is 2.36. The highest BCUT2D eigenvalue weighted by atomic mass is 19.4. The Morgan fingerprint density at radius 2 is 2.00 bits per heavy atom. The van der Waals surface area contributed by atoms with Crippen molar-refractivity contribution in [3.05, 3.63) is 23.2 Å². The lowest BCUT2D eigenvalue weighted by Crippen LogP contribution is -2.22. The van der Waals surface area contributed by atoms with Crippen molar-refractivity contribution in [1.82, 2.24) is 0 Å². The van der Waals surface area contributed by atoms with Crippen LogP contribution in [-0.2, 0) is 0 Å². The second-order valence-electron chi connectivity index (χ2n) is 3.16. The molecule has 6 heteroatoms. The number of allylic oxidation sites excluding steroid dienone is 4. The van der Waals surface area contributed by atoms with Crippen LogP contribution in [0.4, 0.5) is 13.2 Å². The van der Waals surface area contributed by atoms with E-state index in [0.29, 0.717) is 11.6 Å². The summed E-state index contributed by atoms with van der Waals surface area (Å²) in [7, 11) is -1.92. The van der Waals surface area contributed by atoms with Crippen LogP contribution in [0.3, 0.4) is 0 Å². The molecular formula is C9H8BF3O2. The Morgan fingerprint density at radius 3 is 2.47 bits per heavy atom. The van der Waals surface area contributed by atoms with Crippen LogP contribution in [0.15, 0.2) is 23.2 Å². The van der Waals surface area contributed by atoms with Crippen LogP contribution in [0.25, 0.3) is 0 Å². The third kappa shape index (κ3) is 3.15. The maximum Gasteiger partial charge on any atom is 0.488 e. The molecule has 1 aliphatic rings. The summed E-state index contributed by atoms with van der Waals surface area (Å²) < 4.78 is 37.1. The number of rotatable bonds is 1. The van der Waals surface area contributed by atoms with Gasteiger partial charge in [0, 0.05) is 0 Å². The van der Waals surface area contributed by atoms with Gasteiger partial charge in [-0.15, -0.1) is 0 Å². The van der Waals surface area contributed by atoms with Crippen molar-refractivity contribution in [1.29, 1.82) is 0 Å². The molecule has 0 aliphatic heterocycles. The lowest BCUT2D eigenvalue weighted by atomic mass is 9.77.